The third kappa shape index (κ3) is 3.09. The topological polar surface area (TPSA) is 69.0 Å². The van der Waals surface area contributed by atoms with Gasteiger partial charge in [0.05, 0.1) is 16.4 Å². The third-order valence-corrected chi connectivity index (χ3v) is 5.95. The molecule has 2 aromatic carbocycles. The number of aromatic nitrogens is 3. The molecule has 1 aliphatic rings. The number of fused-ring (bicyclic) bond motifs is 2. The normalized spacial score (nSPS) is 15.7. The Balaban J connectivity index is 1.60. The van der Waals surface area contributed by atoms with Crippen LogP contribution < -0.4 is 10.1 Å². The van der Waals surface area contributed by atoms with Crippen LogP contribution in [0, 0.1) is 0 Å². The van der Waals surface area contributed by atoms with E-state index in [0.717, 1.165) is 32.2 Å². The number of rotatable bonds is 5. The fourth-order valence-corrected chi connectivity index (χ4v) is 4.57. The van der Waals surface area contributed by atoms with Gasteiger partial charge in [-0.05, 0) is 18.2 Å². The smallest absolute Gasteiger partial charge is 0.226 e. The van der Waals surface area contributed by atoms with Crippen molar-refractivity contribution in [1.82, 2.24) is 14.8 Å². The molecule has 6 nitrogen and oxygen atoms in total. The van der Waals surface area contributed by atoms with Gasteiger partial charge in [-0.1, -0.05) is 54.3 Å². The lowest BCUT2D eigenvalue weighted by Gasteiger charge is -2.25. The van der Waals surface area contributed by atoms with E-state index in [4.69, 9.17) is 4.74 Å². The molecule has 0 radical (unpaired) electrons. The number of nitrogens with one attached hydrogen (secondary N) is 1. The van der Waals surface area contributed by atoms with Crippen molar-refractivity contribution in [2.24, 2.45) is 0 Å². The lowest BCUT2D eigenvalue weighted by molar-refractivity contribution is -0.116. The summed E-state index contributed by atoms with van der Waals surface area (Å²) in [5.74, 6) is 1.24. The van der Waals surface area contributed by atoms with Crippen molar-refractivity contribution in [3.63, 3.8) is 0 Å². The lowest BCUT2D eigenvalue weighted by atomic mass is 9.87. The quantitative estimate of drug-likeness (QED) is 0.498. The highest BCUT2D eigenvalue weighted by Gasteiger charge is 2.32. The van der Waals surface area contributed by atoms with E-state index in [1.165, 1.54) is 0 Å². The summed E-state index contributed by atoms with van der Waals surface area (Å²) >= 11 is 1.54. The lowest BCUT2D eigenvalue weighted by Crippen LogP contribution is -2.24. The van der Waals surface area contributed by atoms with Crippen LogP contribution in [0.5, 0.6) is 5.75 Å². The predicted molar refractivity (Wildman–Crippen MR) is 114 cm³/mol. The Labute approximate surface area is 171 Å². The first-order chi connectivity index (χ1) is 14.2. The molecule has 1 aliphatic heterocycles. The number of nitrogens with zero attached hydrogens (tertiary/aromatic N) is 3. The summed E-state index contributed by atoms with van der Waals surface area (Å²) in [7, 11) is 0. The molecule has 1 amide bonds. The average molecular weight is 402 g/mol. The maximum absolute atomic E-state index is 12.6. The Morgan fingerprint density at radius 2 is 2.03 bits per heavy atom. The molecule has 0 saturated heterocycles. The van der Waals surface area contributed by atoms with Crippen molar-refractivity contribution in [3.05, 3.63) is 78.5 Å². The molecule has 7 heteroatoms. The summed E-state index contributed by atoms with van der Waals surface area (Å²) in [5.41, 5.74) is 2.84. The highest BCUT2D eigenvalue weighted by Crippen LogP contribution is 2.41. The summed E-state index contributed by atoms with van der Waals surface area (Å²) in [6.07, 6.45) is 3.86. The number of anilines is 1. The molecule has 1 atom stereocenters. The minimum Gasteiger partial charge on any atom is -0.489 e. The van der Waals surface area contributed by atoms with Gasteiger partial charge in [0.25, 0.3) is 0 Å². The molecule has 1 N–H and O–H groups in total. The summed E-state index contributed by atoms with van der Waals surface area (Å²) in [5, 5.41) is 8.27. The number of hydrogen-bond donors (Lipinski definition) is 1. The largest absolute Gasteiger partial charge is 0.489 e. The van der Waals surface area contributed by atoms with Gasteiger partial charge in [-0.3, -0.25) is 4.79 Å². The first kappa shape index (κ1) is 17.6. The molecular weight excluding hydrogens is 384 g/mol. The standard InChI is InChI=1S/C22H18N4O2S/c1-2-11-28-18-9-5-3-7-14(18)15-12-20(27)25-21-16(15)13-23-26(21)22-24-17-8-4-6-10-19(17)29-22/h2-10,13,15H,1,11-12H2,(H,25,27)/t15-/m0/s1. The van der Waals surface area contributed by atoms with Crippen LogP contribution in [0.15, 0.2) is 67.4 Å². The van der Waals surface area contributed by atoms with E-state index in [2.05, 4.69) is 22.0 Å². The second-order valence-corrected chi connectivity index (χ2v) is 7.78. The minimum absolute atomic E-state index is 0.0520. The van der Waals surface area contributed by atoms with E-state index in [1.54, 1.807) is 22.1 Å². The van der Waals surface area contributed by atoms with Crippen molar-refractivity contribution in [2.45, 2.75) is 12.3 Å². The van der Waals surface area contributed by atoms with Crippen LogP contribution in [0.4, 0.5) is 5.82 Å². The minimum atomic E-state index is -0.136. The Morgan fingerprint density at radius 1 is 1.21 bits per heavy atom. The van der Waals surface area contributed by atoms with Gasteiger partial charge in [0.15, 0.2) is 0 Å². The van der Waals surface area contributed by atoms with Crippen LogP contribution in [0.1, 0.15) is 23.5 Å². The number of amides is 1. The second-order valence-electron chi connectivity index (χ2n) is 6.77. The molecule has 0 aliphatic carbocycles. The van der Waals surface area contributed by atoms with Crippen LogP contribution in [-0.4, -0.2) is 27.3 Å². The molecule has 144 valence electrons. The van der Waals surface area contributed by atoms with Gasteiger partial charge in [-0.25, -0.2) is 4.98 Å². The van der Waals surface area contributed by atoms with E-state index < -0.39 is 0 Å². The van der Waals surface area contributed by atoms with Crippen molar-refractivity contribution in [3.8, 4) is 10.9 Å². The Morgan fingerprint density at radius 3 is 2.90 bits per heavy atom. The Bertz CT molecular complexity index is 1190. The van der Waals surface area contributed by atoms with Gasteiger partial charge in [0.1, 0.15) is 18.2 Å². The predicted octanol–water partition coefficient (Wildman–Crippen LogP) is 4.52. The number of carbonyl (C=O) groups is 1. The van der Waals surface area contributed by atoms with Gasteiger partial charge in [-0.15, -0.1) is 0 Å². The first-order valence-electron chi connectivity index (χ1n) is 9.31. The second kappa shape index (κ2) is 7.18. The van der Waals surface area contributed by atoms with E-state index in [9.17, 15) is 4.79 Å². The van der Waals surface area contributed by atoms with Crippen molar-refractivity contribution in [1.29, 1.82) is 0 Å². The molecule has 0 spiro atoms. The molecule has 2 aromatic heterocycles. The van der Waals surface area contributed by atoms with Gasteiger partial charge in [0, 0.05) is 23.5 Å². The zero-order chi connectivity index (χ0) is 19.8. The Kier molecular flexibility index (Phi) is 4.37. The Hall–Kier alpha value is -3.45. The number of benzene rings is 2. The molecule has 5 rings (SSSR count). The van der Waals surface area contributed by atoms with Gasteiger partial charge >= 0.3 is 0 Å². The monoisotopic (exact) mass is 402 g/mol. The summed E-state index contributed by atoms with van der Waals surface area (Å²) in [4.78, 5) is 17.2. The highest BCUT2D eigenvalue weighted by molar-refractivity contribution is 7.20. The fourth-order valence-electron chi connectivity index (χ4n) is 3.64. The number of ether oxygens (including phenoxy) is 1. The van der Waals surface area contributed by atoms with Crippen LogP contribution in [-0.2, 0) is 4.79 Å². The zero-order valence-electron chi connectivity index (χ0n) is 15.5. The highest BCUT2D eigenvalue weighted by atomic mass is 32.1. The molecule has 0 fully saturated rings. The zero-order valence-corrected chi connectivity index (χ0v) is 16.4. The molecule has 3 heterocycles. The summed E-state index contributed by atoms with van der Waals surface area (Å²) in [6, 6.07) is 15.8. The number of carbonyl (C=O) groups excluding carboxylic acids is 1. The van der Waals surface area contributed by atoms with Crippen molar-refractivity contribution >= 4 is 33.3 Å². The first-order valence-corrected chi connectivity index (χ1v) is 10.1. The maximum Gasteiger partial charge on any atom is 0.226 e. The van der Waals surface area contributed by atoms with E-state index >= 15 is 0 Å². The summed E-state index contributed by atoms with van der Waals surface area (Å²) < 4.78 is 8.63. The van der Waals surface area contributed by atoms with Crippen LogP contribution in [0.3, 0.4) is 0 Å². The maximum atomic E-state index is 12.6. The average Bonchev–Trinajstić information content (AvgIpc) is 3.35. The SMILES string of the molecule is C=CCOc1ccccc1[C@@H]1CC(=O)Nc2c1cnn2-c1nc2ccccc2s1. The summed E-state index contributed by atoms with van der Waals surface area (Å²) in [6.45, 7) is 4.12. The fraction of sp³-hybridized carbons (Fsp3) is 0.136. The van der Waals surface area contributed by atoms with E-state index in [1.807, 2.05) is 54.7 Å². The van der Waals surface area contributed by atoms with Crippen LogP contribution in [0.2, 0.25) is 0 Å². The number of para-hydroxylation sites is 2. The van der Waals surface area contributed by atoms with E-state index in [-0.39, 0.29) is 11.8 Å². The van der Waals surface area contributed by atoms with Gasteiger partial charge in [0.2, 0.25) is 11.0 Å². The number of hydrogen-bond acceptors (Lipinski definition) is 5. The van der Waals surface area contributed by atoms with Gasteiger partial charge in [-0.2, -0.15) is 9.78 Å². The molecular formula is C22H18N4O2S. The molecule has 0 bridgehead atoms. The molecule has 0 unspecified atom stereocenters. The van der Waals surface area contributed by atoms with Gasteiger partial charge < -0.3 is 10.1 Å². The van der Waals surface area contributed by atoms with Crippen molar-refractivity contribution in [2.75, 3.05) is 11.9 Å². The van der Waals surface area contributed by atoms with Crippen LogP contribution >= 0.6 is 11.3 Å². The molecule has 0 saturated carbocycles. The number of thiazole rings is 1. The van der Waals surface area contributed by atoms with Crippen LogP contribution in [0.25, 0.3) is 15.3 Å². The molecule has 29 heavy (non-hydrogen) atoms. The third-order valence-electron chi connectivity index (χ3n) is 4.94. The van der Waals surface area contributed by atoms with Crippen molar-refractivity contribution < 1.29 is 9.53 Å². The van der Waals surface area contributed by atoms with E-state index in [0.29, 0.717) is 18.8 Å². The molecule has 4 aromatic rings.